The van der Waals surface area contributed by atoms with Crippen LogP contribution in [0.4, 0.5) is 0 Å². The third-order valence-electron chi connectivity index (χ3n) is 4.68. The fourth-order valence-corrected chi connectivity index (χ4v) is 4.12. The largest absolute Gasteiger partial charge is 0.496 e. The van der Waals surface area contributed by atoms with Gasteiger partial charge >= 0.3 is 0 Å². The molecule has 1 amide bonds. The zero-order valence-corrected chi connectivity index (χ0v) is 17.3. The molecule has 0 spiro atoms. The highest BCUT2D eigenvalue weighted by Gasteiger charge is 2.31. The number of ether oxygens (including phenoxy) is 1. The first-order valence-electron chi connectivity index (χ1n) is 8.76. The Morgan fingerprint density at radius 1 is 1.36 bits per heavy atom. The van der Waals surface area contributed by atoms with E-state index in [0.29, 0.717) is 18.8 Å². The van der Waals surface area contributed by atoms with Crippen molar-refractivity contribution in [1.29, 1.82) is 0 Å². The molecule has 1 aromatic carbocycles. The van der Waals surface area contributed by atoms with Gasteiger partial charge < -0.3 is 15.0 Å². The summed E-state index contributed by atoms with van der Waals surface area (Å²) in [4.78, 5) is 19.7. The van der Waals surface area contributed by atoms with Gasteiger partial charge in [0.25, 0.3) is 5.91 Å². The van der Waals surface area contributed by atoms with Crippen molar-refractivity contribution in [1.82, 2.24) is 25.0 Å². The van der Waals surface area contributed by atoms with Gasteiger partial charge in [0, 0.05) is 49.4 Å². The molecule has 0 saturated carbocycles. The molecule has 0 bridgehead atoms. The third-order valence-corrected chi connectivity index (χ3v) is 5.57. The van der Waals surface area contributed by atoms with Gasteiger partial charge in [0.1, 0.15) is 16.5 Å². The maximum Gasteiger partial charge on any atom is 0.273 e. The van der Waals surface area contributed by atoms with Crippen molar-refractivity contribution in [2.75, 3.05) is 26.7 Å². The number of thiazole rings is 1. The number of amides is 1. The summed E-state index contributed by atoms with van der Waals surface area (Å²) >= 11 is 1.46. The van der Waals surface area contributed by atoms with E-state index in [9.17, 15) is 4.79 Å². The Hall–Kier alpha value is -2.42. The molecule has 7 nitrogen and oxygen atoms in total. The minimum atomic E-state index is -0.0917. The molecule has 148 valence electrons. The molecule has 1 saturated heterocycles. The van der Waals surface area contributed by atoms with Gasteiger partial charge in [0.15, 0.2) is 0 Å². The molecule has 1 aliphatic heterocycles. The van der Waals surface area contributed by atoms with Crippen molar-refractivity contribution in [2.24, 2.45) is 7.05 Å². The SMILES string of the molecule is COc1ccccc1C1CNCCN1C(=O)c1csc(-c2cnn(C)c2)n1.Cl. The number of aryl methyl sites for hydroxylation is 1. The molecule has 9 heteroatoms. The highest BCUT2D eigenvalue weighted by atomic mass is 35.5. The first kappa shape index (κ1) is 20.3. The van der Waals surface area contributed by atoms with E-state index in [1.165, 1.54) is 11.3 Å². The molecule has 3 aromatic rings. The first-order valence-corrected chi connectivity index (χ1v) is 9.64. The summed E-state index contributed by atoms with van der Waals surface area (Å²) in [7, 11) is 3.52. The van der Waals surface area contributed by atoms with Crippen LogP contribution in [0.25, 0.3) is 10.6 Å². The van der Waals surface area contributed by atoms with E-state index in [-0.39, 0.29) is 24.4 Å². The minimum Gasteiger partial charge on any atom is -0.496 e. The van der Waals surface area contributed by atoms with Crippen LogP contribution in [0.2, 0.25) is 0 Å². The van der Waals surface area contributed by atoms with Gasteiger partial charge in [-0.3, -0.25) is 9.48 Å². The van der Waals surface area contributed by atoms with Crippen LogP contribution in [-0.4, -0.2) is 52.3 Å². The molecular weight excluding hydrogens is 398 g/mol. The molecule has 1 fully saturated rings. The molecule has 1 aliphatic rings. The fourth-order valence-electron chi connectivity index (χ4n) is 3.35. The van der Waals surface area contributed by atoms with Crippen LogP contribution in [0.5, 0.6) is 5.75 Å². The van der Waals surface area contributed by atoms with E-state index in [1.807, 2.05) is 47.8 Å². The van der Waals surface area contributed by atoms with Crippen LogP contribution in [0.3, 0.4) is 0 Å². The predicted octanol–water partition coefficient (Wildman–Crippen LogP) is 2.76. The number of hydrogen-bond donors (Lipinski definition) is 1. The monoisotopic (exact) mass is 419 g/mol. The van der Waals surface area contributed by atoms with Crippen LogP contribution < -0.4 is 10.1 Å². The van der Waals surface area contributed by atoms with E-state index in [4.69, 9.17) is 4.74 Å². The van der Waals surface area contributed by atoms with Crippen molar-refractivity contribution in [2.45, 2.75) is 6.04 Å². The first-order chi connectivity index (χ1) is 13.2. The lowest BCUT2D eigenvalue weighted by molar-refractivity contribution is 0.0626. The lowest BCUT2D eigenvalue weighted by Gasteiger charge is -2.36. The number of hydrogen-bond acceptors (Lipinski definition) is 6. The van der Waals surface area contributed by atoms with E-state index in [2.05, 4.69) is 15.4 Å². The summed E-state index contributed by atoms with van der Waals surface area (Å²) in [6, 6.07) is 7.75. The Balaban J connectivity index is 0.00000225. The standard InChI is InChI=1S/C19H21N5O2S.ClH/c1-23-11-13(9-21-23)18-22-15(12-27-18)19(25)24-8-7-20-10-16(24)14-5-3-4-6-17(14)26-2;/h3-6,9,11-12,16,20H,7-8,10H2,1-2H3;1H. The van der Waals surface area contributed by atoms with Crippen molar-refractivity contribution < 1.29 is 9.53 Å². The number of benzene rings is 1. The van der Waals surface area contributed by atoms with Gasteiger partial charge in [-0.15, -0.1) is 23.7 Å². The summed E-state index contributed by atoms with van der Waals surface area (Å²) < 4.78 is 7.24. The molecule has 28 heavy (non-hydrogen) atoms. The number of carbonyl (C=O) groups is 1. The Labute approximate surface area is 173 Å². The second kappa shape index (κ2) is 8.72. The Kier molecular flexibility index (Phi) is 6.33. The zero-order chi connectivity index (χ0) is 18.8. The Morgan fingerprint density at radius 3 is 2.93 bits per heavy atom. The highest BCUT2D eigenvalue weighted by molar-refractivity contribution is 7.13. The van der Waals surface area contributed by atoms with Gasteiger partial charge in [-0.2, -0.15) is 5.10 Å². The summed E-state index contributed by atoms with van der Waals surface area (Å²) in [6.07, 6.45) is 3.66. The van der Waals surface area contributed by atoms with Crippen LogP contribution in [0.1, 0.15) is 22.1 Å². The molecular formula is C19H22ClN5O2S. The van der Waals surface area contributed by atoms with Crippen molar-refractivity contribution >= 4 is 29.7 Å². The summed E-state index contributed by atoms with van der Waals surface area (Å²) in [5.74, 6) is 0.733. The molecule has 0 radical (unpaired) electrons. The Bertz CT molecular complexity index is 957. The van der Waals surface area contributed by atoms with Gasteiger partial charge in [-0.25, -0.2) is 4.98 Å². The zero-order valence-electron chi connectivity index (χ0n) is 15.7. The summed E-state index contributed by atoms with van der Waals surface area (Å²) in [6.45, 7) is 2.07. The highest BCUT2D eigenvalue weighted by Crippen LogP contribution is 2.32. The van der Waals surface area contributed by atoms with Gasteiger partial charge in [-0.05, 0) is 6.07 Å². The van der Waals surface area contributed by atoms with Crippen LogP contribution >= 0.6 is 23.7 Å². The number of halogens is 1. The maximum absolute atomic E-state index is 13.2. The smallest absolute Gasteiger partial charge is 0.273 e. The topological polar surface area (TPSA) is 72.3 Å². The predicted molar refractivity (Wildman–Crippen MR) is 111 cm³/mol. The second-order valence-corrected chi connectivity index (χ2v) is 7.26. The van der Waals surface area contributed by atoms with E-state index < -0.39 is 0 Å². The minimum absolute atomic E-state index is 0. The summed E-state index contributed by atoms with van der Waals surface area (Å²) in [5, 5.41) is 10.2. The quantitative estimate of drug-likeness (QED) is 0.704. The second-order valence-electron chi connectivity index (χ2n) is 6.40. The van der Waals surface area contributed by atoms with Crippen LogP contribution in [0.15, 0.2) is 42.0 Å². The van der Waals surface area contributed by atoms with Gasteiger partial charge in [0.05, 0.1) is 19.3 Å². The van der Waals surface area contributed by atoms with Crippen molar-refractivity contribution in [3.63, 3.8) is 0 Å². The lowest BCUT2D eigenvalue weighted by atomic mass is 10.0. The van der Waals surface area contributed by atoms with E-state index in [1.54, 1.807) is 18.0 Å². The normalized spacial score (nSPS) is 16.5. The van der Waals surface area contributed by atoms with Crippen LogP contribution in [0, 0.1) is 0 Å². The number of aromatic nitrogens is 3. The van der Waals surface area contributed by atoms with Crippen molar-refractivity contribution in [3.8, 4) is 16.3 Å². The average Bonchev–Trinajstić information content (AvgIpc) is 3.36. The molecule has 0 aliphatic carbocycles. The maximum atomic E-state index is 13.2. The average molecular weight is 420 g/mol. The van der Waals surface area contributed by atoms with Crippen LogP contribution in [-0.2, 0) is 7.05 Å². The third kappa shape index (κ3) is 3.89. The number of rotatable bonds is 4. The molecule has 1 atom stereocenters. The number of para-hydroxylation sites is 1. The fraction of sp³-hybridized carbons (Fsp3) is 0.316. The molecule has 2 aromatic heterocycles. The number of carbonyl (C=O) groups excluding carboxylic acids is 1. The van der Waals surface area contributed by atoms with E-state index in [0.717, 1.165) is 28.4 Å². The number of piperazine rings is 1. The number of nitrogens with zero attached hydrogens (tertiary/aromatic N) is 4. The number of nitrogens with one attached hydrogen (secondary N) is 1. The molecule has 3 heterocycles. The van der Waals surface area contributed by atoms with Gasteiger partial charge in [0.2, 0.25) is 0 Å². The van der Waals surface area contributed by atoms with Gasteiger partial charge in [-0.1, -0.05) is 18.2 Å². The molecule has 4 rings (SSSR count). The molecule has 1 unspecified atom stereocenters. The Morgan fingerprint density at radius 2 is 2.18 bits per heavy atom. The van der Waals surface area contributed by atoms with Crippen molar-refractivity contribution in [3.05, 3.63) is 53.3 Å². The number of methoxy groups -OCH3 is 1. The van der Waals surface area contributed by atoms with E-state index >= 15 is 0 Å². The summed E-state index contributed by atoms with van der Waals surface area (Å²) in [5.41, 5.74) is 2.40. The lowest BCUT2D eigenvalue weighted by Crippen LogP contribution is -2.48. The molecule has 1 N–H and O–H groups in total.